The van der Waals surface area contributed by atoms with E-state index in [1.807, 2.05) is 22.4 Å². The Kier molecular flexibility index (Phi) is 5.06. The topological polar surface area (TPSA) is 43.9 Å². The summed E-state index contributed by atoms with van der Waals surface area (Å²) >= 11 is 1.66. The summed E-state index contributed by atoms with van der Waals surface area (Å²) < 4.78 is 0. The van der Waals surface area contributed by atoms with Crippen molar-refractivity contribution in [2.24, 2.45) is 5.41 Å². The minimum Gasteiger partial charge on any atom is -0.342 e. The number of nitrogens with zero attached hydrogens (tertiary/aromatic N) is 3. The Bertz CT molecular complexity index is 652. The highest BCUT2D eigenvalue weighted by Crippen LogP contribution is 2.41. The van der Waals surface area contributed by atoms with Gasteiger partial charge in [0.2, 0.25) is 11.8 Å². The smallest absolute Gasteiger partial charge is 0.227 e. The maximum absolute atomic E-state index is 12.6. The molecule has 5 nitrogen and oxygen atoms in total. The summed E-state index contributed by atoms with van der Waals surface area (Å²) in [5.74, 6) is 0.593. The first-order valence-corrected chi connectivity index (χ1v) is 10.7. The van der Waals surface area contributed by atoms with E-state index in [1.165, 1.54) is 0 Å². The minimum atomic E-state index is 0.231. The van der Waals surface area contributed by atoms with Crippen LogP contribution in [0.3, 0.4) is 0 Å². The molecule has 3 aliphatic heterocycles. The van der Waals surface area contributed by atoms with Crippen LogP contribution in [0.4, 0.5) is 0 Å². The van der Waals surface area contributed by atoms with Crippen molar-refractivity contribution in [3.63, 3.8) is 0 Å². The Morgan fingerprint density at radius 2 is 2.08 bits per heavy atom. The van der Waals surface area contributed by atoms with E-state index < -0.39 is 0 Å². The number of likely N-dealkylation sites (N-methyl/N-ethyl adjacent to an activating group) is 1. The van der Waals surface area contributed by atoms with Crippen LogP contribution in [0.1, 0.15) is 37.0 Å². The van der Waals surface area contributed by atoms with Gasteiger partial charge in [-0.2, -0.15) is 0 Å². The molecule has 0 radical (unpaired) electrons. The van der Waals surface area contributed by atoms with E-state index in [4.69, 9.17) is 0 Å². The lowest BCUT2D eigenvalue weighted by atomic mass is 9.72. The molecule has 0 bridgehead atoms. The summed E-state index contributed by atoms with van der Waals surface area (Å²) in [6, 6.07) is 4.44. The summed E-state index contributed by atoms with van der Waals surface area (Å²) in [6.45, 7) is 4.69. The molecule has 6 heteroatoms. The zero-order valence-electron chi connectivity index (χ0n) is 15.7. The number of hydrogen-bond acceptors (Lipinski definition) is 4. The molecule has 0 saturated carbocycles. The van der Waals surface area contributed by atoms with Crippen LogP contribution in [0.25, 0.3) is 0 Å². The standard InChI is InChI=1S/C20H29N3O2S/c1-21-9-5-16(14-21)23-15-20(6-4-18(23)24)7-10-22(11-8-20)19(25)13-17-3-2-12-26-17/h2-3,12,16H,4-11,13-15H2,1H3. The fourth-order valence-electron chi connectivity index (χ4n) is 4.86. The number of hydrogen-bond donors (Lipinski definition) is 0. The van der Waals surface area contributed by atoms with E-state index >= 15 is 0 Å². The van der Waals surface area contributed by atoms with E-state index in [1.54, 1.807) is 11.3 Å². The van der Waals surface area contributed by atoms with E-state index in [-0.39, 0.29) is 11.3 Å². The van der Waals surface area contributed by atoms with Gasteiger partial charge in [-0.1, -0.05) is 6.07 Å². The van der Waals surface area contributed by atoms with Crippen molar-refractivity contribution in [3.05, 3.63) is 22.4 Å². The van der Waals surface area contributed by atoms with E-state index in [0.717, 1.165) is 63.3 Å². The van der Waals surface area contributed by atoms with Gasteiger partial charge in [0, 0.05) is 43.5 Å². The number of thiophene rings is 1. The molecule has 142 valence electrons. The molecule has 2 amide bonds. The molecule has 1 atom stereocenters. The Morgan fingerprint density at radius 3 is 2.73 bits per heavy atom. The van der Waals surface area contributed by atoms with Crippen LogP contribution in [0.5, 0.6) is 0 Å². The highest BCUT2D eigenvalue weighted by molar-refractivity contribution is 7.10. The molecule has 1 unspecified atom stereocenters. The third-order valence-electron chi connectivity index (χ3n) is 6.58. The van der Waals surface area contributed by atoms with Gasteiger partial charge in [0.1, 0.15) is 0 Å². The minimum absolute atomic E-state index is 0.231. The maximum Gasteiger partial charge on any atom is 0.227 e. The number of likely N-dealkylation sites (tertiary alicyclic amines) is 3. The molecule has 3 fully saturated rings. The normalized spacial score (nSPS) is 26.7. The van der Waals surface area contributed by atoms with Gasteiger partial charge in [-0.25, -0.2) is 0 Å². The van der Waals surface area contributed by atoms with E-state index in [0.29, 0.717) is 24.8 Å². The Morgan fingerprint density at radius 1 is 1.27 bits per heavy atom. The highest BCUT2D eigenvalue weighted by Gasteiger charge is 2.44. The zero-order chi connectivity index (χ0) is 18.1. The monoisotopic (exact) mass is 375 g/mol. The molecule has 1 aromatic rings. The second kappa shape index (κ2) is 7.31. The van der Waals surface area contributed by atoms with Gasteiger partial charge in [-0.05, 0) is 56.1 Å². The maximum atomic E-state index is 12.6. The van der Waals surface area contributed by atoms with Gasteiger partial charge in [0.25, 0.3) is 0 Å². The first-order valence-electron chi connectivity index (χ1n) is 9.83. The third kappa shape index (κ3) is 3.67. The zero-order valence-corrected chi connectivity index (χ0v) is 16.5. The highest BCUT2D eigenvalue weighted by atomic mass is 32.1. The predicted molar refractivity (Wildman–Crippen MR) is 103 cm³/mol. The molecular weight excluding hydrogens is 346 g/mol. The predicted octanol–water partition coefficient (Wildman–Crippen LogP) is 2.23. The van der Waals surface area contributed by atoms with Crippen molar-refractivity contribution >= 4 is 23.2 Å². The fraction of sp³-hybridized carbons (Fsp3) is 0.700. The first kappa shape index (κ1) is 18.0. The first-order chi connectivity index (χ1) is 12.5. The quantitative estimate of drug-likeness (QED) is 0.814. The lowest BCUT2D eigenvalue weighted by molar-refractivity contribution is -0.144. The van der Waals surface area contributed by atoms with Crippen molar-refractivity contribution < 1.29 is 9.59 Å². The SMILES string of the molecule is CN1CCC(N2CC3(CCC2=O)CCN(C(=O)Cc2cccs2)CC3)C1. The van der Waals surface area contributed by atoms with Crippen molar-refractivity contribution in [1.82, 2.24) is 14.7 Å². The Hall–Kier alpha value is -1.40. The number of carbonyl (C=O) groups excluding carboxylic acids is 2. The summed E-state index contributed by atoms with van der Waals surface area (Å²) in [6.07, 6.45) is 5.39. The fourth-order valence-corrected chi connectivity index (χ4v) is 5.55. The second-order valence-corrected chi connectivity index (χ2v) is 9.40. The van der Waals surface area contributed by atoms with Gasteiger partial charge in [0.15, 0.2) is 0 Å². The van der Waals surface area contributed by atoms with Gasteiger partial charge in [-0.15, -0.1) is 11.3 Å². The average molecular weight is 376 g/mol. The van der Waals surface area contributed by atoms with Crippen LogP contribution in [0.2, 0.25) is 0 Å². The molecule has 0 N–H and O–H groups in total. The van der Waals surface area contributed by atoms with Gasteiger partial charge >= 0.3 is 0 Å². The molecule has 0 aliphatic carbocycles. The Labute approximate surface area is 159 Å². The largest absolute Gasteiger partial charge is 0.342 e. The van der Waals surface area contributed by atoms with Crippen molar-refractivity contribution in [3.8, 4) is 0 Å². The van der Waals surface area contributed by atoms with Crippen LogP contribution >= 0.6 is 11.3 Å². The molecular formula is C20H29N3O2S. The Balaban J connectivity index is 1.35. The molecule has 3 saturated heterocycles. The molecule has 1 spiro atoms. The van der Waals surface area contributed by atoms with Crippen LogP contribution in [-0.2, 0) is 16.0 Å². The van der Waals surface area contributed by atoms with Gasteiger partial charge in [0.05, 0.1) is 6.42 Å². The number of piperidine rings is 2. The van der Waals surface area contributed by atoms with Crippen molar-refractivity contribution in [2.75, 3.05) is 39.8 Å². The van der Waals surface area contributed by atoms with Crippen LogP contribution in [0, 0.1) is 5.41 Å². The molecule has 3 aliphatic rings. The number of amides is 2. The van der Waals surface area contributed by atoms with Gasteiger partial charge in [-0.3, -0.25) is 9.59 Å². The second-order valence-electron chi connectivity index (χ2n) is 8.36. The number of carbonyl (C=O) groups is 2. The molecule has 4 heterocycles. The molecule has 0 aromatic carbocycles. The molecule has 26 heavy (non-hydrogen) atoms. The summed E-state index contributed by atoms with van der Waals surface area (Å²) in [5.41, 5.74) is 0.231. The van der Waals surface area contributed by atoms with Crippen molar-refractivity contribution in [1.29, 1.82) is 0 Å². The van der Waals surface area contributed by atoms with Crippen LogP contribution in [-0.4, -0.2) is 72.3 Å². The average Bonchev–Trinajstić information content (AvgIpc) is 3.30. The summed E-state index contributed by atoms with van der Waals surface area (Å²) in [4.78, 5) is 32.8. The van der Waals surface area contributed by atoms with E-state index in [2.05, 4.69) is 16.8 Å². The van der Waals surface area contributed by atoms with Crippen LogP contribution < -0.4 is 0 Å². The lowest BCUT2D eigenvalue weighted by Crippen LogP contribution is -2.55. The van der Waals surface area contributed by atoms with Crippen molar-refractivity contribution in [2.45, 2.75) is 44.6 Å². The third-order valence-corrected chi connectivity index (χ3v) is 7.46. The van der Waals surface area contributed by atoms with Crippen LogP contribution in [0.15, 0.2) is 17.5 Å². The molecule has 1 aromatic heterocycles. The van der Waals surface area contributed by atoms with E-state index in [9.17, 15) is 9.59 Å². The molecule has 4 rings (SSSR count). The summed E-state index contributed by atoms with van der Waals surface area (Å²) in [5, 5.41) is 2.03. The lowest BCUT2D eigenvalue weighted by Gasteiger charge is -2.49. The number of rotatable bonds is 3. The van der Waals surface area contributed by atoms with Gasteiger partial charge < -0.3 is 14.7 Å². The summed E-state index contributed by atoms with van der Waals surface area (Å²) in [7, 11) is 2.14.